The maximum Gasteiger partial charge on any atom is 0.169 e. The Balaban J connectivity index is 2.80. The minimum absolute atomic E-state index is 0.0149. The Labute approximate surface area is 93.2 Å². The molecule has 78 valence electrons. The first-order valence-corrected chi connectivity index (χ1v) is 4.89. The third kappa shape index (κ3) is 3.26. The first-order valence-electron chi connectivity index (χ1n) is 4.51. The van der Waals surface area contributed by atoms with Crippen LogP contribution in [0.3, 0.4) is 0 Å². The van der Waals surface area contributed by atoms with Gasteiger partial charge in [0.1, 0.15) is 18.4 Å². The van der Waals surface area contributed by atoms with E-state index >= 15 is 0 Å². The van der Waals surface area contributed by atoms with Gasteiger partial charge >= 0.3 is 0 Å². The number of halogens is 1. The van der Waals surface area contributed by atoms with Crippen molar-refractivity contribution in [1.29, 1.82) is 5.26 Å². The van der Waals surface area contributed by atoms with Gasteiger partial charge in [-0.15, -0.1) is 0 Å². The fourth-order valence-corrected chi connectivity index (χ4v) is 1.13. The van der Waals surface area contributed by atoms with Crippen LogP contribution in [-0.4, -0.2) is 12.4 Å². The number of ether oxygens (including phenoxy) is 1. The summed E-state index contributed by atoms with van der Waals surface area (Å²) in [6, 6.07) is 6.67. The van der Waals surface area contributed by atoms with Gasteiger partial charge in [0.25, 0.3) is 0 Å². The fraction of sp³-hybridized carbons (Fsp3) is 0.273. The minimum atomic E-state index is -0.0223. The van der Waals surface area contributed by atoms with Gasteiger partial charge in [-0.2, -0.15) is 5.26 Å². The van der Waals surface area contributed by atoms with Crippen molar-refractivity contribution in [1.82, 2.24) is 0 Å². The second kappa shape index (κ2) is 5.38. The highest BCUT2D eigenvalue weighted by Crippen LogP contribution is 2.22. The van der Waals surface area contributed by atoms with E-state index in [4.69, 9.17) is 21.6 Å². The van der Waals surface area contributed by atoms with Gasteiger partial charge in [-0.25, -0.2) is 0 Å². The van der Waals surface area contributed by atoms with E-state index in [1.54, 1.807) is 19.1 Å². The number of ketones is 1. The molecule has 1 rings (SSSR count). The number of nitriles is 1. The lowest BCUT2D eigenvalue weighted by atomic mass is 10.2. The molecular formula is C11H10ClNO2. The summed E-state index contributed by atoms with van der Waals surface area (Å²) in [6.07, 6.45) is 0.419. The zero-order valence-corrected chi connectivity index (χ0v) is 9.04. The molecule has 15 heavy (non-hydrogen) atoms. The number of hydrogen-bond acceptors (Lipinski definition) is 3. The quantitative estimate of drug-likeness (QED) is 0.788. The van der Waals surface area contributed by atoms with Gasteiger partial charge in [-0.1, -0.05) is 18.5 Å². The predicted octanol–water partition coefficient (Wildman–Crippen LogP) is 2.57. The van der Waals surface area contributed by atoms with E-state index in [0.29, 0.717) is 22.8 Å². The van der Waals surface area contributed by atoms with Crippen molar-refractivity contribution in [2.45, 2.75) is 13.3 Å². The van der Waals surface area contributed by atoms with Crippen LogP contribution in [0.2, 0.25) is 5.02 Å². The Morgan fingerprint density at radius 2 is 2.33 bits per heavy atom. The second-order valence-corrected chi connectivity index (χ2v) is 3.37. The van der Waals surface area contributed by atoms with Crippen LogP contribution < -0.4 is 4.74 Å². The SMILES string of the molecule is CCC(=O)COc1cc(Cl)ccc1C#N. The molecule has 0 amide bonds. The van der Waals surface area contributed by atoms with E-state index in [9.17, 15) is 4.79 Å². The lowest BCUT2D eigenvalue weighted by Crippen LogP contribution is -2.10. The first-order chi connectivity index (χ1) is 7.17. The number of Topliss-reactive ketones (excluding diaryl/α,β-unsaturated/α-hetero) is 1. The lowest BCUT2D eigenvalue weighted by Gasteiger charge is -2.06. The summed E-state index contributed by atoms with van der Waals surface area (Å²) < 4.78 is 5.21. The minimum Gasteiger partial charge on any atom is -0.484 e. The normalized spacial score (nSPS) is 9.40. The van der Waals surface area contributed by atoms with Crippen molar-refractivity contribution in [3.8, 4) is 11.8 Å². The van der Waals surface area contributed by atoms with Crippen LogP contribution in [0.25, 0.3) is 0 Å². The van der Waals surface area contributed by atoms with Gasteiger partial charge in [0.2, 0.25) is 0 Å². The highest BCUT2D eigenvalue weighted by molar-refractivity contribution is 6.30. The van der Waals surface area contributed by atoms with E-state index in [1.165, 1.54) is 6.07 Å². The van der Waals surface area contributed by atoms with Crippen molar-refractivity contribution in [2.75, 3.05) is 6.61 Å². The number of rotatable bonds is 4. The van der Waals surface area contributed by atoms with Gasteiger partial charge < -0.3 is 4.74 Å². The molecule has 0 unspecified atom stereocenters. The van der Waals surface area contributed by atoms with Crippen LogP contribution >= 0.6 is 11.6 Å². The smallest absolute Gasteiger partial charge is 0.169 e. The summed E-state index contributed by atoms with van der Waals surface area (Å²) in [5.74, 6) is 0.339. The number of carbonyl (C=O) groups is 1. The Bertz CT molecular complexity index is 410. The first kappa shape index (κ1) is 11.5. The molecule has 0 bridgehead atoms. The molecule has 0 N–H and O–H groups in total. The van der Waals surface area contributed by atoms with E-state index < -0.39 is 0 Å². The topological polar surface area (TPSA) is 50.1 Å². The van der Waals surface area contributed by atoms with Crippen molar-refractivity contribution >= 4 is 17.4 Å². The molecule has 0 aliphatic rings. The molecule has 0 saturated heterocycles. The van der Waals surface area contributed by atoms with E-state index in [2.05, 4.69) is 0 Å². The van der Waals surface area contributed by atoms with Crippen LogP contribution in [0.15, 0.2) is 18.2 Å². The average Bonchev–Trinajstić information content (AvgIpc) is 2.26. The molecule has 1 aromatic carbocycles. The fourth-order valence-electron chi connectivity index (χ4n) is 0.968. The third-order valence-corrected chi connectivity index (χ3v) is 2.08. The van der Waals surface area contributed by atoms with Gasteiger partial charge in [0, 0.05) is 17.5 Å². The van der Waals surface area contributed by atoms with Crippen LogP contribution in [-0.2, 0) is 4.79 Å². The number of nitrogens with zero attached hydrogens (tertiary/aromatic N) is 1. The molecule has 0 atom stereocenters. The van der Waals surface area contributed by atoms with E-state index in [1.807, 2.05) is 6.07 Å². The van der Waals surface area contributed by atoms with Crippen LogP contribution in [0.1, 0.15) is 18.9 Å². The second-order valence-electron chi connectivity index (χ2n) is 2.93. The molecule has 0 aliphatic carbocycles. The molecule has 1 aromatic rings. The Morgan fingerprint density at radius 3 is 2.93 bits per heavy atom. The molecule has 0 radical (unpaired) electrons. The number of hydrogen-bond donors (Lipinski definition) is 0. The average molecular weight is 224 g/mol. The molecule has 0 heterocycles. The van der Waals surface area contributed by atoms with E-state index in [0.717, 1.165) is 0 Å². The number of benzene rings is 1. The highest BCUT2D eigenvalue weighted by Gasteiger charge is 2.06. The standard InChI is InChI=1S/C11H10ClNO2/c1-2-10(14)7-15-11-5-9(12)4-3-8(11)6-13/h3-5H,2,7H2,1H3. The maximum atomic E-state index is 11.0. The summed E-state index contributed by atoms with van der Waals surface area (Å²) in [6.45, 7) is 1.74. The number of carbonyl (C=O) groups excluding carboxylic acids is 1. The van der Waals surface area contributed by atoms with Gasteiger partial charge in [-0.05, 0) is 12.1 Å². The zero-order chi connectivity index (χ0) is 11.3. The summed E-state index contributed by atoms with van der Waals surface area (Å²) in [5.41, 5.74) is 0.378. The summed E-state index contributed by atoms with van der Waals surface area (Å²) >= 11 is 5.75. The monoisotopic (exact) mass is 223 g/mol. The Hall–Kier alpha value is -1.53. The molecular weight excluding hydrogens is 214 g/mol. The van der Waals surface area contributed by atoms with Crippen molar-refractivity contribution in [3.05, 3.63) is 28.8 Å². The summed E-state index contributed by atoms with van der Waals surface area (Å²) in [5, 5.41) is 9.25. The summed E-state index contributed by atoms with van der Waals surface area (Å²) in [4.78, 5) is 11.0. The van der Waals surface area contributed by atoms with Crippen LogP contribution in [0.4, 0.5) is 0 Å². The van der Waals surface area contributed by atoms with Crippen LogP contribution in [0, 0.1) is 11.3 Å². The highest BCUT2D eigenvalue weighted by atomic mass is 35.5. The lowest BCUT2D eigenvalue weighted by molar-refractivity contribution is -0.120. The Kier molecular flexibility index (Phi) is 4.14. The third-order valence-electron chi connectivity index (χ3n) is 1.85. The van der Waals surface area contributed by atoms with Gasteiger partial charge in [-0.3, -0.25) is 4.79 Å². The molecule has 0 spiro atoms. The predicted molar refractivity (Wildman–Crippen MR) is 57.0 cm³/mol. The van der Waals surface area contributed by atoms with Crippen molar-refractivity contribution < 1.29 is 9.53 Å². The van der Waals surface area contributed by atoms with Gasteiger partial charge in [0.05, 0.1) is 5.56 Å². The van der Waals surface area contributed by atoms with E-state index in [-0.39, 0.29) is 12.4 Å². The molecule has 4 heteroatoms. The largest absolute Gasteiger partial charge is 0.484 e. The summed E-state index contributed by atoms with van der Waals surface area (Å²) in [7, 11) is 0. The molecule has 0 saturated carbocycles. The van der Waals surface area contributed by atoms with Gasteiger partial charge in [0.15, 0.2) is 5.78 Å². The molecule has 0 aromatic heterocycles. The zero-order valence-electron chi connectivity index (χ0n) is 8.29. The Morgan fingerprint density at radius 1 is 1.60 bits per heavy atom. The molecule has 3 nitrogen and oxygen atoms in total. The van der Waals surface area contributed by atoms with Crippen LogP contribution in [0.5, 0.6) is 5.75 Å². The van der Waals surface area contributed by atoms with Crippen molar-refractivity contribution in [2.24, 2.45) is 0 Å². The molecule has 0 fully saturated rings. The maximum absolute atomic E-state index is 11.0. The molecule has 0 aliphatic heterocycles. The van der Waals surface area contributed by atoms with Crippen molar-refractivity contribution in [3.63, 3.8) is 0 Å².